The molecule has 1 amide bonds. The molecule has 3 atom stereocenters. The van der Waals surface area contributed by atoms with Crippen molar-refractivity contribution in [2.75, 3.05) is 6.54 Å². The Labute approximate surface area is 115 Å². The molecule has 1 saturated heterocycles. The van der Waals surface area contributed by atoms with Crippen molar-refractivity contribution in [3.05, 3.63) is 35.9 Å². The topological polar surface area (TPSA) is 46.3 Å². The van der Waals surface area contributed by atoms with E-state index < -0.39 is 0 Å². The van der Waals surface area contributed by atoms with Gasteiger partial charge in [-0.1, -0.05) is 37.3 Å². The maximum Gasteiger partial charge on any atom is 0.222 e. The van der Waals surface area contributed by atoms with Crippen LogP contribution in [0.25, 0.3) is 0 Å². The third-order valence-electron chi connectivity index (χ3n) is 4.00. The third kappa shape index (κ3) is 3.57. The summed E-state index contributed by atoms with van der Waals surface area (Å²) in [6.45, 7) is 5.25. The number of benzene rings is 1. The van der Waals surface area contributed by atoms with Gasteiger partial charge in [0.25, 0.3) is 0 Å². The van der Waals surface area contributed by atoms with Crippen LogP contribution in [0.3, 0.4) is 0 Å². The van der Waals surface area contributed by atoms with Gasteiger partial charge in [0.15, 0.2) is 0 Å². The predicted octanol–water partition coefficient (Wildman–Crippen LogP) is 2.72. The van der Waals surface area contributed by atoms with Crippen LogP contribution in [0.1, 0.15) is 44.7 Å². The first-order valence-corrected chi connectivity index (χ1v) is 7.18. The Morgan fingerprint density at radius 3 is 2.63 bits per heavy atom. The number of carbonyl (C=O) groups excluding carboxylic acids is 1. The summed E-state index contributed by atoms with van der Waals surface area (Å²) in [5.74, 6) is 0.880. The van der Waals surface area contributed by atoms with E-state index in [1.165, 1.54) is 0 Å². The summed E-state index contributed by atoms with van der Waals surface area (Å²) in [6, 6.07) is 10.3. The van der Waals surface area contributed by atoms with Crippen LogP contribution in [-0.4, -0.2) is 23.4 Å². The standard InChI is InChI=1S/C16H24N2O/c1-12-10-13(2)18(11-12)16(19)9-8-15(17)14-6-4-3-5-7-14/h3-7,12-13,15H,8-11,17H2,1-2H3. The highest BCUT2D eigenvalue weighted by Crippen LogP contribution is 2.24. The fraction of sp³-hybridized carbons (Fsp3) is 0.562. The first kappa shape index (κ1) is 14.1. The normalized spacial score (nSPS) is 24.5. The Bertz CT molecular complexity index is 418. The number of hydrogen-bond donors (Lipinski definition) is 1. The van der Waals surface area contributed by atoms with Crippen molar-refractivity contribution < 1.29 is 4.79 Å². The van der Waals surface area contributed by atoms with E-state index in [1.54, 1.807) is 0 Å². The first-order chi connectivity index (χ1) is 9.08. The molecule has 1 aromatic rings. The molecule has 1 aliphatic heterocycles. The van der Waals surface area contributed by atoms with E-state index in [0.29, 0.717) is 18.4 Å². The van der Waals surface area contributed by atoms with E-state index in [4.69, 9.17) is 5.73 Å². The predicted molar refractivity (Wildman–Crippen MR) is 77.6 cm³/mol. The van der Waals surface area contributed by atoms with Crippen molar-refractivity contribution in [3.8, 4) is 0 Å². The number of amides is 1. The minimum Gasteiger partial charge on any atom is -0.340 e. The summed E-state index contributed by atoms with van der Waals surface area (Å²) in [5.41, 5.74) is 7.24. The second-order valence-electron chi connectivity index (χ2n) is 5.79. The molecule has 2 rings (SSSR count). The van der Waals surface area contributed by atoms with Gasteiger partial charge in [-0.2, -0.15) is 0 Å². The monoisotopic (exact) mass is 260 g/mol. The Morgan fingerprint density at radius 2 is 2.05 bits per heavy atom. The average molecular weight is 260 g/mol. The van der Waals surface area contributed by atoms with Crippen molar-refractivity contribution in [3.63, 3.8) is 0 Å². The second kappa shape index (κ2) is 6.20. The Kier molecular flexibility index (Phi) is 4.59. The fourth-order valence-electron chi connectivity index (χ4n) is 2.94. The van der Waals surface area contributed by atoms with Crippen molar-refractivity contribution in [1.29, 1.82) is 0 Å². The van der Waals surface area contributed by atoms with Crippen LogP contribution >= 0.6 is 0 Å². The summed E-state index contributed by atoms with van der Waals surface area (Å²) in [4.78, 5) is 14.2. The van der Waals surface area contributed by atoms with E-state index in [2.05, 4.69) is 13.8 Å². The summed E-state index contributed by atoms with van der Waals surface area (Å²) in [6.07, 6.45) is 2.39. The quantitative estimate of drug-likeness (QED) is 0.904. The van der Waals surface area contributed by atoms with E-state index in [0.717, 1.165) is 24.9 Å². The smallest absolute Gasteiger partial charge is 0.222 e. The summed E-state index contributed by atoms with van der Waals surface area (Å²) in [5, 5.41) is 0. The summed E-state index contributed by atoms with van der Waals surface area (Å²) in [7, 11) is 0. The van der Waals surface area contributed by atoms with Gasteiger partial charge in [0.2, 0.25) is 5.91 Å². The lowest BCUT2D eigenvalue weighted by Crippen LogP contribution is -2.34. The van der Waals surface area contributed by atoms with Gasteiger partial charge < -0.3 is 10.6 Å². The van der Waals surface area contributed by atoms with E-state index in [9.17, 15) is 4.79 Å². The molecule has 1 aliphatic rings. The minimum atomic E-state index is -0.0412. The zero-order chi connectivity index (χ0) is 13.8. The molecule has 1 aromatic carbocycles. The first-order valence-electron chi connectivity index (χ1n) is 7.18. The number of rotatable bonds is 4. The molecule has 0 bridgehead atoms. The maximum absolute atomic E-state index is 12.2. The van der Waals surface area contributed by atoms with Crippen LogP contribution in [0.2, 0.25) is 0 Å². The van der Waals surface area contributed by atoms with Gasteiger partial charge in [0, 0.05) is 25.0 Å². The highest BCUT2D eigenvalue weighted by Gasteiger charge is 2.29. The lowest BCUT2D eigenvalue weighted by atomic mass is 10.0. The van der Waals surface area contributed by atoms with Gasteiger partial charge in [-0.15, -0.1) is 0 Å². The molecule has 3 unspecified atom stereocenters. The van der Waals surface area contributed by atoms with Gasteiger partial charge in [0.05, 0.1) is 0 Å². The highest BCUT2D eigenvalue weighted by molar-refractivity contribution is 5.76. The molecule has 1 heterocycles. The van der Waals surface area contributed by atoms with Crippen LogP contribution in [-0.2, 0) is 4.79 Å². The average Bonchev–Trinajstić information content (AvgIpc) is 2.75. The van der Waals surface area contributed by atoms with Crippen molar-refractivity contribution in [2.45, 2.75) is 45.2 Å². The zero-order valence-corrected chi connectivity index (χ0v) is 11.9. The molecule has 0 radical (unpaired) electrons. The van der Waals surface area contributed by atoms with Gasteiger partial charge in [-0.05, 0) is 31.2 Å². The zero-order valence-electron chi connectivity index (χ0n) is 11.9. The molecule has 0 spiro atoms. The molecule has 3 nitrogen and oxygen atoms in total. The van der Waals surface area contributed by atoms with Gasteiger partial charge in [-0.25, -0.2) is 0 Å². The molecule has 1 fully saturated rings. The van der Waals surface area contributed by atoms with E-state index in [-0.39, 0.29) is 11.9 Å². The molecule has 2 N–H and O–H groups in total. The third-order valence-corrected chi connectivity index (χ3v) is 4.00. The molecule has 19 heavy (non-hydrogen) atoms. The molecule has 0 aliphatic carbocycles. The maximum atomic E-state index is 12.2. The fourth-order valence-corrected chi connectivity index (χ4v) is 2.94. The van der Waals surface area contributed by atoms with Gasteiger partial charge in [-0.3, -0.25) is 4.79 Å². The van der Waals surface area contributed by atoms with Crippen LogP contribution in [0.5, 0.6) is 0 Å². The van der Waals surface area contributed by atoms with Crippen LogP contribution in [0.4, 0.5) is 0 Å². The molecule has 104 valence electrons. The lowest BCUT2D eigenvalue weighted by Gasteiger charge is -2.22. The number of likely N-dealkylation sites (tertiary alicyclic amines) is 1. The number of nitrogens with zero attached hydrogens (tertiary/aromatic N) is 1. The van der Waals surface area contributed by atoms with E-state index in [1.807, 2.05) is 35.2 Å². The van der Waals surface area contributed by atoms with Crippen molar-refractivity contribution in [1.82, 2.24) is 4.90 Å². The number of carbonyl (C=O) groups is 1. The Balaban J connectivity index is 1.84. The molecular weight excluding hydrogens is 236 g/mol. The van der Waals surface area contributed by atoms with Gasteiger partial charge >= 0.3 is 0 Å². The lowest BCUT2D eigenvalue weighted by molar-refractivity contribution is -0.132. The van der Waals surface area contributed by atoms with Crippen molar-refractivity contribution in [2.24, 2.45) is 11.7 Å². The Morgan fingerprint density at radius 1 is 1.37 bits per heavy atom. The van der Waals surface area contributed by atoms with Crippen LogP contribution in [0.15, 0.2) is 30.3 Å². The highest BCUT2D eigenvalue weighted by atomic mass is 16.2. The SMILES string of the molecule is CC1CC(C)N(C(=O)CCC(N)c2ccccc2)C1. The molecular formula is C16H24N2O. The second-order valence-corrected chi connectivity index (χ2v) is 5.79. The molecule has 0 saturated carbocycles. The molecule has 3 heteroatoms. The van der Waals surface area contributed by atoms with Crippen LogP contribution in [0, 0.1) is 5.92 Å². The summed E-state index contributed by atoms with van der Waals surface area (Å²) >= 11 is 0. The number of nitrogens with two attached hydrogens (primary N) is 1. The van der Waals surface area contributed by atoms with Crippen LogP contribution < -0.4 is 5.73 Å². The summed E-state index contributed by atoms with van der Waals surface area (Å²) < 4.78 is 0. The van der Waals surface area contributed by atoms with E-state index >= 15 is 0 Å². The van der Waals surface area contributed by atoms with Crippen molar-refractivity contribution >= 4 is 5.91 Å². The number of hydrogen-bond acceptors (Lipinski definition) is 2. The molecule has 0 aromatic heterocycles. The Hall–Kier alpha value is -1.35. The van der Waals surface area contributed by atoms with Gasteiger partial charge in [0.1, 0.15) is 0 Å². The minimum absolute atomic E-state index is 0.0412. The largest absolute Gasteiger partial charge is 0.340 e.